The molecular weight excluding hydrogens is 446 g/mol. The molecule has 1 atom stereocenters. The summed E-state index contributed by atoms with van der Waals surface area (Å²) in [6.45, 7) is 2.28. The largest absolute Gasteiger partial charge is 0.489 e. The van der Waals surface area contributed by atoms with Crippen molar-refractivity contribution in [1.29, 1.82) is 0 Å². The predicted molar refractivity (Wildman–Crippen MR) is 115 cm³/mol. The minimum absolute atomic E-state index is 0.00888. The van der Waals surface area contributed by atoms with Crippen LogP contribution in [0.3, 0.4) is 0 Å². The van der Waals surface area contributed by atoms with Crippen LogP contribution < -0.4 is 4.74 Å². The van der Waals surface area contributed by atoms with Crippen LogP contribution >= 0.6 is 58.2 Å². The summed E-state index contributed by atoms with van der Waals surface area (Å²) in [5.41, 5.74) is 1.00. The van der Waals surface area contributed by atoms with E-state index in [4.69, 9.17) is 51.1 Å². The molecule has 3 nitrogen and oxygen atoms in total. The third-order valence-corrected chi connectivity index (χ3v) is 6.50. The van der Waals surface area contributed by atoms with Gasteiger partial charge in [0, 0.05) is 28.5 Å². The first-order valence-corrected chi connectivity index (χ1v) is 10.5. The van der Waals surface area contributed by atoms with E-state index in [0.29, 0.717) is 38.9 Å². The number of H-pyrrole nitrogens is 1. The Bertz CT molecular complexity index is 891. The average Bonchev–Trinajstić information content (AvgIpc) is 3.02. The van der Waals surface area contributed by atoms with Crippen LogP contribution in [0.1, 0.15) is 11.5 Å². The molecule has 1 N–H and O–H groups in total. The van der Waals surface area contributed by atoms with E-state index in [1.165, 1.54) is 0 Å². The highest BCUT2D eigenvalue weighted by molar-refractivity contribution is 8.00. The van der Waals surface area contributed by atoms with Gasteiger partial charge in [-0.05, 0) is 31.2 Å². The van der Waals surface area contributed by atoms with Crippen LogP contribution in [-0.4, -0.2) is 21.8 Å². The second kappa shape index (κ2) is 9.44. The number of aromatic amines is 1. The third kappa shape index (κ3) is 5.49. The molecule has 0 aliphatic carbocycles. The lowest BCUT2D eigenvalue weighted by molar-refractivity contribution is 0.316. The van der Waals surface area contributed by atoms with Crippen LogP contribution in [0.4, 0.5) is 0 Å². The molecule has 142 valence electrons. The van der Waals surface area contributed by atoms with Crippen molar-refractivity contribution in [3.05, 3.63) is 74.2 Å². The van der Waals surface area contributed by atoms with Gasteiger partial charge < -0.3 is 9.72 Å². The van der Waals surface area contributed by atoms with Gasteiger partial charge in [-0.25, -0.2) is 4.98 Å². The number of rotatable bonds is 7. The summed E-state index contributed by atoms with van der Waals surface area (Å²) in [6.07, 6.45) is 2.51. The molecule has 8 heteroatoms. The van der Waals surface area contributed by atoms with E-state index in [1.807, 2.05) is 31.3 Å². The minimum Gasteiger partial charge on any atom is -0.489 e. The first-order chi connectivity index (χ1) is 12.9. The molecule has 3 rings (SSSR count). The van der Waals surface area contributed by atoms with Crippen molar-refractivity contribution in [2.75, 3.05) is 6.61 Å². The standard InChI is InChI=1S/C19H16Cl4N2OS/c1-11-24-9-12(25-11)8-13(27-19-16(22)6-3-7-17(19)23)10-26-18-14(20)4-2-5-15(18)21/h2-7,9,13H,8,10H2,1H3,(H,24,25). The number of ether oxygens (including phenoxy) is 1. The minimum atomic E-state index is 0.00888. The van der Waals surface area contributed by atoms with E-state index in [1.54, 1.807) is 30.0 Å². The zero-order valence-electron chi connectivity index (χ0n) is 14.3. The Morgan fingerprint density at radius 1 is 1.00 bits per heavy atom. The highest BCUT2D eigenvalue weighted by Gasteiger charge is 2.19. The van der Waals surface area contributed by atoms with E-state index in [0.717, 1.165) is 16.4 Å². The fourth-order valence-electron chi connectivity index (χ4n) is 2.51. The zero-order valence-corrected chi connectivity index (χ0v) is 18.1. The first-order valence-electron chi connectivity index (χ1n) is 8.12. The van der Waals surface area contributed by atoms with Gasteiger partial charge in [-0.3, -0.25) is 0 Å². The van der Waals surface area contributed by atoms with Crippen LogP contribution in [0.15, 0.2) is 47.5 Å². The second-order valence-corrected chi connectivity index (χ2v) is 8.79. The number of para-hydroxylation sites is 1. The SMILES string of the molecule is Cc1ncc(CC(COc2c(Cl)cccc2Cl)Sc2c(Cl)cccc2Cl)[nH]1. The van der Waals surface area contributed by atoms with Gasteiger partial charge in [0.2, 0.25) is 0 Å². The van der Waals surface area contributed by atoms with Gasteiger partial charge in [0.1, 0.15) is 12.4 Å². The van der Waals surface area contributed by atoms with Crippen molar-refractivity contribution in [2.45, 2.75) is 23.5 Å². The predicted octanol–water partition coefficient (Wildman–Crippen LogP) is 7.11. The molecule has 2 aromatic carbocycles. The molecule has 1 unspecified atom stereocenters. The van der Waals surface area contributed by atoms with Gasteiger partial charge in [-0.1, -0.05) is 58.5 Å². The number of halogens is 4. The number of benzene rings is 2. The number of imidazole rings is 1. The maximum absolute atomic E-state index is 6.34. The molecule has 0 spiro atoms. The van der Waals surface area contributed by atoms with Crippen molar-refractivity contribution >= 4 is 58.2 Å². The number of thioether (sulfide) groups is 1. The molecule has 0 aliphatic heterocycles. The van der Waals surface area contributed by atoms with Crippen LogP contribution in [-0.2, 0) is 6.42 Å². The Morgan fingerprint density at radius 2 is 1.59 bits per heavy atom. The molecule has 0 fully saturated rings. The van der Waals surface area contributed by atoms with Crippen molar-refractivity contribution in [3.63, 3.8) is 0 Å². The summed E-state index contributed by atoms with van der Waals surface area (Å²) in [4.78, 5) is 8.32. The van der Waals surface area contributed by atoms with E-state index in [2.05, 4.69) is 9.97 Å². The number of aryl methyl sites for hydroxylation is 1. The number of hydrogen-bond acceptors (Lipinski definition) is 3. The summed E-state index contributed by atoms with van der Waals surface area (Å²) >= 11 is 26.7. The van der Waals surface area contributed by atoms with E-state index >= 15 is 0 Å². The number of nitrogens with zero attached hydrogens (tertiary/aromatic N) is 1. The van der Waals surface area contributed by atoms with Crippen molar-refractivity contribution < 1.29 is 4.74 Å². The highest BCUT2D eigenvalue weighted by Crippen LogP contribution is 2.38. The van der Waals surface area contributed by atoms with Gasteiger partial charge in [0.25, 0.3) is 0 Å². The van der Waals surface area contributed by atoms with Gasteiger partial charge in [-0.2, -0.15) is 0 Å². The quantitative estimate of drug-likeness (QED) is 0.380. The molecule has 27 heavy (non-hydrogen) atoms. The summed E-state index contributed by atoms with van der Waals surface area (Å²) in [5, 5.41) is 2.16. The van der Waals surface area contributed by atoms with Crippen LogP contribution in [0.2, 0.25) is 20.1 Å². The zero-order chi connectivity index (χ0) is 19.4. The average molecular weight is 462 g/mol. The summed E-state index contributed by atoms with van der Waals surface area (Å²) in [7, 11) is 0. The number of aromatic nitrogens is 2. The first kappa shape index (κ1) is 20.7. The molecule has 1 aromatic heterocycles. The smallest absolute Gasteiger partial charge is 0.156 e. The Kier molecular flexibility index (Phi) is 7.23. The summed E-state index contributed by atoms with van der Waals surface area (Å²) in [5.74, 6) is 1.33. The molecule has 1 heterocycles. The van der Waals surface area contributed by atoms with Crippen LogP contribution in [0, 0.1) is 6.92 Å². The normalized spacial score (nSPS) is 12.2. The van der Waals surface area contributed by atoms with Gasteiger partial charge >= 0.3 is 0 Å². The van der Waals surface area contributed by atoms with Crippen molar-refractivity contribution in [3.8, 4) is 5.75 Å². The Labute approximate surface area is 182 Å². The Morgan fingerprint density at radius 3 is 2.15 bits per heavy atom. The molecular formula is C19H16Cl4N2OS. The van der Waals surface area contributed by atoms with E-state index in [9.17, 15) is 0 Å². The maximum Gasteiger partial charge on any atom is 0.156 e. The lowest BCUT2D eigenvalue weighted by atomic mass is 10.2. The molecule has 0 saturated heterocycles. The number of hydrogen-bond donors (Lipinski definition) is 1. The highest BCUT2D eigenvalue weighted by atomic mass is 35.5. The third-order valence-electron chi connectivity index (χ3n) is 3.74. The molecule has 0 saturated carbocycles. The Hall–Kier alpha value is -1.04. The molecule has 0 bridgehead atoms. The molecule has 0 radical (unpaired) electrons. The van der Waals surface area contributed by atoms with Crippen LogP contribution in [0.5, 0.6) is 5.75 Å². The monoisotopic (exact) mass is 460 g/mol. The lowest BCUT2D eigenvalue weighted by Crippen LogP contribution is -2.18. The van der Waals surface area contributed by atoms with Gasteiger partial charge in [-0.15, -0.1) is 11.8 Å². The van der Waals surface area contributed by atoms with Gasteiger partial charge in [0.05, 0.1) is 20.1 Å². The molecule has 0 amide bonds. The Balaban J connectivity index is 1.81. The fraction of sp³-hybridized carbons (Fsp3) is 0.211. The van der Waals surface area contributed by atoms with E-state index in [-0.39, 0.29) is 5.25 Å². The fourth-order valence-corrected chi connectivity index (χ4v) is 4.78. The second-order valence-electron chi connectivity index (χ2n) is 5.85. The van der Waals surface area contributed by atoms with Gasteiger partial charge in [0.15, 0.2) is 5.75 Å². The topological polar surface area (TPSA) is 37.9 Å². The molecule has 3 aromatic rings. The maximum atomic E-state index is 6.34. The van der Waals surface area contributed by atoms with Crippen LogP contribution in [0.25, 0.3) is 0 Å². The van der Waals surface area contributed by atoms with E-state index < -0.39 is 0 Å². The molecule has 0 aliphatic rings. The summed E-state index contributed by atoms with van der Waals surface area (Å²) in [6, 6.07) is 10.7. The number of nitrogens with one attached hydrogen (secondary N) is 1. The summed E-state index contributed by atoms with van der Waals surface area (Å²) < 4.78 is 5.96. The van der Waals surface area contributed by atoms with Crippen molar-refractivity contribution in [2.24, 2.45) is 0 Å². The van der Waals surface area contributed by atoms with Crippen molar-refractivity contribution in [1.82, 2.24) is 9.97 Å². The lowest BCUT2D eigenvalue weighted by Gasteiger charge is -2.19.